The minimum Gasteiger partial charge on any atom is -0.493 e. The Morgan fingerprint density at radius 3 is 2.18 bits per heavy atom. The molecule has 11 heavy (non-hydrogen) atoms. The summed E-state index contributed by atoms with van der Waals surface area (Å²) < 4.78 is 1.50. The second kappa shape index (κ2) is 2.57. The summed E-state index contributed by atoms with van der Waals surface area (Å²) in [6, 6.07) is 0. The van der Waals surface area contributed by atoms with Gasteiger partial charge in [-0.3, -0.25) is 0 Å². The fraction of sp³-hybridized carbons (Fsp3) is 0.625. The smallest absolute Gasteiger partial charge is 0.212 e. The van der Waals surface area contributed by atoms with Crippen molar-refractivity contribution < 1.29 is 5.11 Å². The molecule has 1 N–H and O–H groups in total. The van der Waals surface area contributed by atoms with Crippen LogP contribution in [0.1, 0.15) is 31.0 Å². The summed E-state index contributed by atoms with van der Waals surface area (Å²) in [6.07, 6.45) is 0. The Morgan fingerprint density at radius 2 is 2.00 bits per heavy atom. The van der Waals surface area contributed by atoms with E-state index in [4.69, 9.17) is 0 Å². The van der Waals surface area contributed by atoms with Gasteiger partial charge in [-0.1, -0.05) is 13.8 Å². The molecule has 0 aliphatic rings. The van der Waals surface area contributed by atoms with Crippen LogP contribution in [0.4, 0.5) is 0 Å². The van der Waals surface area contributed by atoms with Gasteiger partial charge in [0.05, 0.1) is 5.69 Å². The van der Waals surface area contributed by atoms with Gasteiger partial charge < -0.3 is 5.11 Å². The zero-order chi connectivity index (χ0) is 8.59. The highest BCUT2D eigenvalue weighted by atomic mass is 16.3. The average molecular weight is 154 g/mol. The van der Waals surface area contributed by atoms with Crippen LogP contribution in [0.3, 0.4) is 0 Å². The first-order valence-corrected chi connectivity index (χ1v) is 3.76. The van der Waals surface area contributed by atoms with E-state index >= 15 is 0 Å². The summed E-state index contributed by atoms with van der Waals surface area (Å²) in [6.45, 7) is 6.02. The van der Waals surface area contributed by atoms with Crippen LogP contribution in [0, 0.1) is 6.92 Å². The van der Waals surface area contributed by atoms with Crippen molar-refractivity contribution in [2.24, 2.45) is 7.05 Å². The zero-order valence-electron chi connectivity index (χ0n) is 7.42. The molecule has 0 aromatic carbocycles. The Labute approximate surface area is 66.7 Å². The van der Waals surface area contributed by atoms with E-state index in [1.54, 1.807) is 7.05 Å². The molecule has 0 fully saturated rings. The molecule has 0 spiro atoms. The van der Waals surface area contributed by atoms with Crippen LogP contribution in [-0.2, 0) is 7.05 Å². The first kappa shape index (κ1) is 8.11. The van der Waals surface area contributed by atoms with Gasteiger partial charge in [0.25, 0.3) is 0 Å². The second-order valence-corrected chi connectivity index (χ2v) is 3.11. The molecule has 0 bridgehead atoms. The third-order valence-electron chi connectivity index (χ3n) is 1.83. The molecule has 0 atom stereocenters. The molecule has 1 aromatic rings. The molecule has 0 unspecified atom stereocenters. The Hall–Kier alpha value is -0.990. The minimum atomic E-state index is 0.272. The van der Waals surface area contributed by atoms with Crippen molar-refractivity contribution in [1.82, 2.24) is 9.78 Å². The number of hydrogen-bond acceptors (Lipinski definition) is 2. The summed E-state index contributed by atoms with van der Waals surface area (Å²) in [7, 11) is 1.74. The SMILES string of the molecule is Cc1c(C(C)C)nn(C)c1O. The monoisotopic (exact) mass is 154 g/mol. The molecule has 0 aliphatic heterocycles. The maximum Gasteiger partial charge on any atom is 0.212 e. The topological polar surface area (TPSA) is 38.0 Å². The molecule has 1 rings (SSSR count). The van der Waals surface area contributed by atoms with Gasteiger partial charge in [0.1, 0.15) is 0 Å². The van der Waals surface area contributed by atoms with Crippen LogP contribution < -0.4 is 0 Å². The van der Waals surface area contributed by atoms with Crippen LogP contribution in [0.5, 0.6) is 5.88 Å². The highest BCUT2D eigenvalue weighted by Gasteiger charge is 2.12. The summed E-state index contributed by atoms with van der Waals surface area (Å²) in [4.78, 5) is 0. The number of hydrogen-bond donors (Lipinski definition) is 1. The van der Waals surface area contributed by atoms with Crippen molar-refractivity contribution in [3.05, 3.63) is 11.3 Å². The number of nitrogens with zero attached hydrogens (tertiary/aromatic N) is 2. The third-order valence-corrected chi connectivity index (χ3v) is 1.83. The molecule has 0 saturated heterocycles. The van der Waals surface area contributed by atoms with Gasteiger partial charge in [-0.05, 0) is 12.8 Å². The summed E-state index contributed by atoms with van der Waals surface area (Å²) >= 11 is 0. The number of rotatable bonds is 1. The highest BCUT2D eigenvalue weighted by molar-refractivity contribution is 5.30. The quantitative estimate of drug-likeness (QED) is 0.666. The Bertz CT molecular complexity index is 263. The highest BCUT2D eigenvalue weighted by Crippen LogP contribution is 2.24. The van der Waals surface area contributed by atoms with E-state index in [-0.39, 0.29) is 5.88 Å². The summed E-state index contributed by atoms with van der Waals surface area (Å²) in [5, 5.41) is 13.6. The van der Waals surface area contributed by atoms with Gasteiger partial charge in [0.2, 0.25) is 5.88 Å². The average Bonchev–Trinajstić information content (AvgIpc) is 2.17. The van der Waals surface area contributed by atoms with Gasteiger partial charge in [-0.15, -0.1) is 0 Å². The fourth-order valence-electron chi connectivity index (χ4n) is 1.19. The predicted molar refractivity (Wildman–Crippen MR) is 43.7 cm³/mol. The van der Waals surface area contributed by atoms with Crippen LogP contribution in [0.2, 0.25) is 0 Å². The summed E-state index contributed by atoms with van der Waals surface area (Å²) in [5.41, 5.74) is 1.87. The van der Waals surface area contributed by atoms with E-state index in [2.05, 4.69) is 18.9 Å². The normalized spacial score (nSPS) is 11.0. The predicted octanol–water partition coefficient (Wildman–Crippen LogP) is 1.56. The maximum absolute atomic E-state index is 9.38. The van der Waals surface area contributed by atoms with E-state index < -0.39 is 0 Å². The lowest BCUT2D eigenvalue weighted by Gasteiger charge is -1.98. The lowest BCUT2D eigenvalue weighted by atomic mass is 10.1. The molecule has 0 radical (unpaired) electrons. The molecule has 0 amide bonds. The van der Waals surface area contributed by atoms with Gasteiger partial charge in [-0.2, -0.15) is 5.10 Å². The molecule has 3 nitrogen and oxygen atoms in total. The lowest BCUT2D eigenvalue weighted by molar-refractivity contribution is 0.416. The largest absolute Gasteiger partial charge is 0.493 e. The zero-order valence-corrected chi connectivity index (χ0v) is 7.42. The first-order valence-electron chi connectivity index (χ1n) is 3.76. The van der Waals surface area contributed by atoms with Crippen molar-refractivity contribution in [1.29, 1.82) is 0 Å². The van der Waals surface area contributed by atoms with Crippen LogP contribution in [0.15, 0.2) is 0 Å². The van der Waals surface area contributed by atoms with Crippen LogP contribution in [0.25, 0.3) is 0 Å². The van der Waals surface area contributed by atoms with Crippen molar-refractivity contribution >= 4 is 0 Å². The van der Waals surface area contributed by atoms with Crippen molar-refractivity contribution in [2.75, 3.05) is 0 Å². The van der Waals surface area contributed by atoms with Crippen LogP contribution >= 0.6 is 0 Å². The van der Waals surface area contributed by atoms with Gasteiger partial charge in [0, 0.05) is 12.6 Å². The van der Waals surface area contributed by atoms with Crippen LogP contribution in [-0.4, -0.2) is 14.9 Å². The molecular weight excluding hydrogens is 140 g/mol. The van der Waals surface area contributed by atoms with E-state index in [9.17, 15) is 5.11 Å². The molecule has 1 aromatic heterocycles. The van der Waals surface area contributed by atoms with Crippen molar-refractivity contribution in [2.45, 2.75) is 26.7 Å². The van der Waals surface area contributed by atoms with E-state index in [1.165, 1.54) is 4.68 Å². The Kier molecular flexibility index (Phi) is 1.89. The Balaban J connectivity index is 3.19. The molecule has 3 heteroatoms. The minimum absolute atomic E-state index is 0.272. The molecule has 0 aliphatic carbocycles. The van der Waals surface area contributed by atoms with Gasteiger partial charge >= 0.3 is 0 Å². The lowest BCUT2D eigenvalue weighted by Crippen LogP contribution is -1.93. The number of aromatic hydroxyl groups is 1. The van der Waals surface area contributed by atoms with E-state index in [0.29, 0.717) is 5.92 Å². The molecule has 1 heterocycles. The number of aryl methyl sites for hydroxylation is 1. The van der Waals surface area contributed by atoms with Gasteiger partial charge in [0.15, 0.2) is 0 Å². The van der Waals surface area contributed by atoms with E-state index in [0.717, 1.165) is 11.3 Å². The molecule has 0 saturated carbocycles. The maximum atomic E-state index is 9.38. The second-order valence-electron chi connectivity index (χ2n) is 3.11. The molecule has 62 valence electrons. The van der Waals surface area contributed by atoms with Crippen molar-refractivity contribution in [3.63, 3.8) is 0 Å². The summed E-state index contributed by atoms with van der Waals surface area (Å²) in [5.74, 6) is 0.649. The first-order chi connectivity index (χ1) is 5.04. The molecular formula is C8H14N2O. The standard InChI is InChI=1S/C8H14N2O/c1-5(2)7-6(3)8(11)10(4)9-7/h5,11H,1-4H3. The third kappa shape index (κ3) is 1.23. The Morgan fingerprint density at radius 1 is 1.45 bits per heavy atom. The van der Waals surface area contributed by atoms with E-state index in [1.807, 2.05) is 6.92 Å². The number of aromatic nitrogens is 2. The van der Waals surface area contributed by atoms with Crippen molar-refractivity contribution in [3.8, 4) is 5.88 Å². The van der Waals surface area contributed by atoms with Gasteiger partial charge in [-0.25, -0.2) is 4.68 Å². The fourth-order valence-corrected chi connectivity index (χ4v) is 1.19.